The normalized spacial score (nSPS) is 11.6. The number of rotatable bonds is 5. The van der Waals surface area contributed by atoms with Gasteiger partial charge in [0.25, 0.3) is 0 Å². The maximum absolute atomic E-state index is 12.5. The average molecular weight is 302 g/mol. The maximum atomic E-state index is 12.5. The van der Waals surface area contributed by atoms with Gasteiger partial charge in [0.05, 0.1) is 12.2 Å². The van der Waals surface area contributed by atoms with Crippen LogP contribution in [0.2, 0.25) is 0 Å². The molecule has 0 aliphatic rings. The molecule has 0 radical (unpaired) electrons. The van der Waals surface area contributed by atoms with Crippen molar-refractivity contribution in [3.8, 4) is 5.82 Å². The monoisotopic (exact) mass is 302 g/mol. The summed E-state index contributed by atoms with van der Waals surface area (Å²) < 4.78 is 43.4. The Morgan fingerprint density at radius 3 is 2.71 bits per heavy atom. The molecule has 0 saturated heterocycles. The number of nitrogens with two attached hydrogens (primary N) is 1. The second-order valence-electron chi connectivity index (χ2n) is 4.03. The highest BCUT2D eigenvalue weighted by Crippen LogP contribution is 2.28. The maximum Gasteiger partial charge on any atom is 0.417 e. The van der Waals surface area contributed by atoms with E-state index in [1.165, 1.54) is 6.07 Å². The predicted molar refractivity (Wildman–Crippen MR) is 68.9 cm³/mol. The van der Waals surface area contributed by atoms with E-state index in [0.717, 1.165) is 10.7 Å². The van der Waals surface area contributed by atoms with Gasteiger partial charge < -0.3 is 15.8 Å². The quantitative estimate of drug-likeness (QED) is 0.810. The van der Waals surface area contributed by atoms with Gasteiger partial charge in [-0.25, -0.2) is 4.98 Å². The van der Waals surface area contributed by atoms with Crippen LogP contribution in [-0.4, -0.2) is 40.0 Å². The summed E-state index contributed by atoms with van der Waals surface area (Å²) in [6, 6.07) is 2.08. The number of nitrogens with zero attached hydrogens (tertiary/aromatic N) is 4. The molecule has 0 aromatic carbocycles. The van der Waals surface area contributed by atoms with E-state index in [1.54, 1.807) is 7.11 Å². The highest BCUT2D eigenvalue weighted by Gasteiger charge is 2.30. The second kappa shape index (κ2) is 5.95. The van der Waals surface area contributed by atoms with E-state index < -0.39 is 11.7 Å². The number of alkyl halides is 3. The number of pyridine rings is 1. The topological polar surface area (TPSA) is 90.9 Å². The zero-order valence-electron chi connectivity index (χ0n) is 11.1. The minimum atomic E-state index is -4.44. The minimum absolute atomic E-state index is 0.0159. The van der Waals surface area contributed by atoms with Gasteiger partial charge in [0.15, 0.2) is 5.82 Å². The Kier molecular flexibility index (Phi) is 4.26. The molecule has 0 unspecified atom stereocenters. The molecule has 10 heteroatoms. The van der Waals surface area contributed by atoms with E-state index in [4.69, 9.17) is 10.5 Å². The predicted octanol–water partition coefficient (Wildman–Crippen LogP) is 1.32. The Hall–Kier alpha value is -2.36. The van der Waals surface area contributed by atoms with Crippen LogP contribution in [0.3, 0.4) is 0 Å². The van der Waals surface area contributed by atoms with Gasteiger partial charge in [0.2, 0.25) is 11.9 Å². The van der Waals surface area contributed by atoms with Crippen LogP contribution in [0.25, 0.3) is 5.82 Å². The summed E-state index contributed by atoms with van der Waals surface area (Å²) in [5.74, 6) is 0.404. The number of hydrogen-bond donors (Lipinski definition) is 2. The fourth-order valence-electron chi connectivity index (χ4n) is 1.51. The van der Waals surface area contributed by atoms with Crippen LogP contribution in [0.15, 0.2) is 18.3 Å². The second-order valence-corrected chi connectivity index (χ2v) is 4.03. The summed E-state index contributed by atoms with van der Waals surface area (Å²) in [6.45, 7) is 0.924. The molecule has 2 rings (SSSR count). The molecule has 0 bridgehead atoms. The third kappa shape index (κ3) is 3.60. The zero-order chi connectivity index (χ0) is 15.5. The number of anilines is 2. The average Bonchev–Trinajstić information content (AvgIpc) is 2.79. The highest BCUT2D eigenvalue weighted by molar-refractivity contribution is 5.38. The van der Waals surface area contributed by atoms with Crippen LogP contribution in [0.1, 0.15) is 5.56 Å². The van der Waals surface area contributed by atoms with Crippen LogP contribution in [-0.2, 0) is 10.9 Å². The van der Waals surface area contributed by atoms with Crippen LogP contribution >= 0.6 is 0 Å². The molecule has 2 aromatic heterocycles. The standard InChI is InChI=1S/C11H13F3N6O/c1-21-5-4-16-10-18-9(15)20(19-10)8-3-2-7(6-17-8)11(12,13)14/h2-3,6H,4-5H2,1H3,(H3,15,16,18,19). The minimum Gasteiger partial charge on any atom is -0.383 e. The molecule has 21 heavy (non-hydrogen) atoms. The van der Waals surface area contributed by atoms with Crippen molar-refractivity contribution in [3.05, 3.63) is 23.9 Å². The largest absolute Gasteiger partial charge is 0.417 e. The first-order chi connectivity index (χ1) is 9.91. The van der Waals surface area contributed by atoms with Crippen molar-refractivity contribution >= 4 is 11.9 Å². The van der Waals surface area contributed by atoms with Crippen molar-refractivity contribution in [2.45, 2.75) is 6.18 Å². The number of aromatic nitrogens is 4. The molecule has 0 aliphatic heterocycles. The van der Waals surface area contributed by atoms with Crippen LogP contribution in [0.5, 0.6) is 0 Å². The number of hydrogen-bond acceptors (Lipinski definition) is 6. The van der Waals surface area contributed by atoms with E-state index in [-0.39, 0.29) is 17.7 Å². The van der Waals surface area contributed by atoms with Crippen molar-refractivity contribution < 1.29 is 17.9 Å². The summed E-state index contributed by atoms with van der Waals surface area (Å²) in [4.78, 5) is 7.62. The molecule has 0 aliphatic carbocycles. The Morgan fingerprint density at radius 1 is 1.38 bits per heavy atom. The van der Waals surface area contributed by atoms with Gasteiger partial charge in [-0.3, -0.25) is 0 Å². The molecule has 2 aromatic rings. The van der Waals surface area contributed by atoms with Gasteiger partial charge in [-0.15, -0.1) is 5.10 Å². The van der Waals surface area contributed by atoms with Gasteiger partial charge in [0, 0.05) is 19.9 Å². The Bertz CT molecular complexity index is 595. The lowest BCUT2D eigenvalue weighted by molar-refractivity contribution is -0.137. The van der Waals surface area contributed by atoms with Crippen molar-refractivity contribution in [2.75, 3.05) is 31.3 Å². The molecule has 0 saturated carbocycles. The first-order valence-electron chi connectivity index (χ1n) is 5.91. The lowest BCUT2D eigenvalue weighted by Gasteiger charge is -2.06. The summed E-state index contributed by atoms with van der Waals surface area (Å²) in [7, 11) is 1.55. The van der Waals surface area contributed by atoms with Gasteiger partial charge in [0.1, 0.15) is 0 Å². The number of nitrogen functional groups attached to an aromatic ring is 1. The van der Waals surface area contributed by atoms with Crippen LogP contribution in [0.4, 0.5) is 25.1 Å². The van der Waals surface area contributed by atoms with Gasteiger partial charge in [-0.05, 0) is 12.1 Å². The van der Waals surface area contributed by atoms with Crippen molar-refractivity contribution in [1.29, 1.82) is 0 Å². The molecule has 0 fully saturated rings. The van der Waals surface area contributed by atoms with E-state index >= 15 is 0 Å². The number of halogens is 3. The van der Waals surface area contributed by atoms with E-state index in [2.05, 4.69) is 20.4 Å². The molecular weight excluding hydrogens is 289 g/mol. The molecule has 2 heterocycles. The number of methoxy groups -OCH3 is 1. The van der Waals surface area contributed by atoms with Gasteiger partial charge in [-0.2, -0.15) is 22.8 Å². The van der Waals surface area contributed by atoms with E-state index in [9.17, 15) is 13.2 Å². The van der Waals surface area contributed by atoms with E-state index in [0.29, 0.717) is 19.3 Å². The van der Waals surface area contributed by atoms with Crippen molar-refractivity contribution in [2.24, 2.45) is 0 Å². The smallest absolute Gasteiger partial charge is 0.383 e. The van der Waals surface area contributed by atoms with Crippen LogP contribution in [0, 0.1) is 0 Å². The van der Waals surface area contributed by atoms with Gasteiger partial charge >= 0.3 is 6.18 Å². The van der Waals surface area contributed by atoms with Crippen LogP contribution < -0.4 is 11.1 Å². The highest BCUT2D eigenvalue weighted by atomic mass is 19.4. The molecular formula is C11H13F3N6O. The lowest BCUT2D eigenvalue weighted by atomic mass is 10.3. The summed E-state index contributed by atoms with van der Waals surface area (Å²) >= 11 is 0. The third-order valence-corrected chi connectivity index (χ3v) is 2.51. The molecule has 0 amide bonds. The summed E-state index contributed by atoms with van der Waals surface area (Å²) in [5, 5.41) is 6.87. The van der Waals surface area contributed by atoms with Gasteiger partial charge in [-0.1, -0.05) is 0 Å². The molecule has 0 atom stereocenters. The van der Waals surface area contributed by atoms with Crippen molar-refractivity contribution in [3.63, 3.8) is 0 Å². The molecule has 0 spiro atoms. The molecule has 3 N–H and O–H groups in total. The zero-order valence-corrected chi connectivity index (χ0v) is 11.1. The third-order valence-electron chi connectivity index (χ3n) is 2.51. The Balaban J connectivity index is 2.18. The summed E-state index contributed by atoms with van der Waals surface area (Å²) in [6.07, 6.45) is -3.72. The number of nitrogens with one attached hydrogen (secondary N) is 1. The SMILES string of the molecule is COCCNc1nc(N)n(-c2ccc(C(F)(F)F)cn2)n1. The van der Waals surface area contributed by atoms with Crippen molar-refractivity contribution in [1.82, 2.24) is 19.7 Å². The molecule has 114 valence electrons. The fourth-order valence-corrected chi connectivity index (χ4v) is 1.51. The number of ether oxygens (including phenoxy) is 1. The lowest BCUT2D eigenvalue weighted by Crippen LogP contribution is -2.10. The Morgan fingerprint density at radius 2 is 2.14 bits per heavy atom. The molecule has 7 nitrogen and oxygen atoms in total. The summed E-state index contributed by atoms with van der Waals surface area (Å²) in [5.41, 5.74) is 4.81. The first-order valence-corrected chi connectivity index (χ1v) is 5.91. The van der Waals surface area contributed by atoms with E-state index in [1.807, 2.05) is 0 Å². The fraction of sp³-hybridized carbons (Fsp3) is 0.364. The first kappa shape index (κ1) is 15.0. The Labute approximate surface area is 117 Å².